The number of para-hydroxylation sites is 1. The maximum absolute atomic E-state index is 12.5. The van der Waals surface area contributed by atoms with Gasteiger partial charge in [-0.3, -0.25) is 4.79 Å². The lowest BCUT2D eigenvalue weighted by Crippen LogP contribution is -2.14. The SMILES string of the molecule is Cc1nn(-c2ccccc2)c2sc(C(=O)OCC(=O)c3ccccc3Br)cc12. The van der Waals surface area contributed by atoms with Crippen LogP contribution < -0.4 is 0 Å². The third-order valence-electron chi connectivity index (χ3n) is 4.26. The molecule has 2 aromatic heterocycles. The van der Waals surface area contributed by atoms with Crippen LogP contribution in [0.4, 0.5) is 0 Å². The second kappa shape index (κ2) is 7.69. The van der Waals surface area contributed by atoms with E-state index in [2.05, 4.69) is 21.0 Å². The Hall–Kier alpha value is -2.77. The van der Waals surface area contributed by atoms with E-state index in [0.29, 0.717) is 14.9 Å². The van der Waals surface area contributed by atoms with Crippen LogP contribution in [0.1, 0.15) is 25.7 Å². The van der Waals surface area contributed by atoms with Crippen molar-refractivity contribution >= 4 is 49.2 Å². The van der Waals surface area contributed by atoms with Crippen molar-refractivity contribution < 1.29 is 14.3 Å². The van der Waals surface area contributed by atoms with Crippen molar-refractivity contribution in [3.05, 3.63) is 81.3 Å². The van der Waals surface area contributed by atoms with Crippen molar-refractivity contribution in [1.82, 2.24) is 9.78 Å². The van der Waals surface area contributed by atoms with Gasteiger partial charge < -0.3 is 4.74 Å². The third kappa shape index (κ3) is 3.50. The maximum Gasteiger partial charge on any atom is 0.348 e. The van der Waals surface area contributed by atoms with Crippen LogP contribution >= 0.6 is 27.3 Å². The van der Waals surface area contributed by atoms with E-state index in [1.54, 1.807) is 24.3 Å². The van der Waals surface area contributed by atoms with E-state index in [1.807, 2.05) is 48.0 Å². The number of hydrogen-bond acceptors (Lipinski definition) is 5. The summed E-state index contributed by atoms with van der Waals surface area (Å²) in [5, 5.41) is 5.46. The number of aryl methyl sites for hydroxylation is 1. The molecule has 0 bridgehead atoms. The Balaban J connectivity index is 1.55. The molecule has 0 unspecified atom stereocenters. The minimum atomic E-state index is -0.513. The van der Waals surface area contributed by atoms with E-state index in [1.165, 1.54) is 11.3 Å². The second-order valence-electron chi connectivity index (χ2n) is 6.14. The Kier molecular flexibility index (Phi) is 5.11. The van der Waals surface area contributed by atoms with Gasteiger partial charge in [0, 0.05) is 15.4 Å². The molecule has 0 N–H and O–H groups in total. The van der Waals surface area contributed by atoms with Gasteiger partial charge in [0.05, 0.1) is 11.4 Å². The summed E-state index contributed by atoms with van der Waals surface area (Å²) in [7, 11) is 0. The average molecular weight is 455 g/mol. The van der Waals surface area contributed by atoms with E-state index in [0.717, 1.165) is 21.6 Å². The third-order valence-corrected chi connectivity index (χ3v) is 6.04. The molecule has 2 aromatic carbocycles. The number of fused-ring (bicyclic) bond motifs is 1. The normalized spacial score (nSPS) is 10.9. The summed E-state index contributed by atoms with van der Waals surface area (Å²) in [4.78, 5) is 26.1. The van der Waals surface area contributed by atoms with Crippen LogP contribution in [-0.4, -0.2) is 28.1 Å². The number of benzene rings is 2. The molecule has 140 valence electrons. The Morgan fingerprint density at radius 3 is 2.57 bits per heavy atom. The van der Waals surface area contributed by atoms with Gasteiger partial charge in [0.15, 0.2) is 6.61 Å². The molecule has 0 amide bonds. The Labute approximate surface area is 173 Å². The van der Waals surface area contributed by atoms with E-state index in [9.17, 15) is 9.59 Å². The fourth-order valence-corrected chi connectivity index (χ4v) is 4.44. The van der Waals surface area contributed by atoms with Gasteiger partial charge in [0.1, 0.15) is 9.71 Å². The summed E-state index contributed by atoms with van der Waals surface area (Å²) in [5.41, 5.74) is 2.24. The van der Waals surface area contributed by atoms with Crippen molar-refractivity contribution in [2.75, 3.05) is 6.61 Å². The van der Waals surface area contributed by atoms with Crippen LogP contribution in [-0.2, 0) is 4.74 Å². The highest BCUT2D eigenvalue weighted by Gasteiger charge is 2.19. The lowest BCUT2D eigenvalue weighted by molar-refractivity contribution is 0.0479. The highest BCUT2D eigenvalue weighted by Crippen LogP contribution is 2.30. The Morgan fingerprint density at radius 1 is 1.11 bits per heavy atom. The predicted octanol–water partition coefficient (Wildman–Crippen LogP) is 5.20. The molecule has 0 atom stereocenters. The highest BCUT2D eigenvalue weighted by atomic mass is 79.9. The molecule has 0 aliphatic rings. The van der Waals surface area contributed by atoms with Gasteiger partial charge in [0.25, 0.3) is 0 Å². The van der Waals surface area contributed by atoms with Crippen LogP contribution in [0, 0.1) is 6.92 Å². The predicted molar refractivity (Wildman–Crippen MR) is 112 cm³/mol. The fourth-order valence-electron chi connectivity index (χ4n) is 2.86. The number of ether oxygens (including phenoxy) is 1. The van der Waals surface area contributed by atoms with E-state index in [4.69, 9.17) is 4.74 Å². The molecular formula is C21H15BrN2O3S. The number of Topliss-reactive ketones (excluding diaryl/α,β-unsaturated/α-hetero) is 1. The van der Waals surface area contributed by atoms with Crippen LogP contribution in [0.25, 0.3) is 15.9 Å². The zero-order chi connectivity index (χ0) is 19.7. The first-order valence-electron chi connectivity index (χ1n) is 8.54. The van der Waals surface area contributed by atoms with Gasteiger partial charge in [-0.15, -0.1) is 11.3 Å². The Bertz CT molecular complexity index is 1180. The summed E-state index contributed by atoms with van der Waals surface area (Å²) >= 11 is 4.64. The zero-order valence-corrected chi connectivity index (χ0v) is 17.3. The molecular weight excluding hydrogens is 440 g/mol. The lowest BCUT2D eigenvalue weighted by atomic mass is 10.1. The average Bonchev–Trinajstić information content (AvgIpc) is 3.28. The molecule has 0 fully saturated rings. The number of thiophene rings is 1. The molecule has 0 aliphatic heterocycles. The quantitative estimate of drug-likeness (QED) is 0.307. The van der Waals surface area contributed by atoms with E-state index in [-0.39, 0.29) is 12.4 Å². The monoisotopic (exact) mass is 454 g/mol. The van der Waals surface area contributed by atoms with Crippen molar-refractivity contribution in [2.24, 2.45) is 0 Å². The molecule has 2 heterocycles. The summed E-state index contributed by atoms with van der Waals surface area (Å²) in [6, 6.07) is 18.6. The number of carbonyl (C=O) groups excluding carboxylic acids is 2. The van der Waals surface area contributed by atoms with Gasteiger partial charge in [-0.25, -0.2) is 9.48 Å². The number of carbonyl (C=O) groups is 2. The van der Waals surface area contributed by atoms with Gasteiger partial charge in [-0.2, -0.15) is 5.10 Å². The van der Waals surface area contributed by atoms with Gasteiger partial charge >= 0.3 is 5.97 Å². The molecule has 4 rings (SSSR count). The van der Waals surface area contributed by atoms with Crippen LogP contribution in [0.15, 0.2) is 65.1 Å². The summed E-state index contributed by atoms with van der Waals surface area (Å²) in [6.07, 6.45) is 0. The van der Waals surface area contributed by atoms with Crippen molar-refractivity contribution in [1.29, 1.82) is 0 Å². The molecule has 0 spiro atoms. The number of halogens is 1. The minimum Gasteiger partial charge on any atom is -0.453 e. The topological polar surface area (TPSA) is 61.2 Å². The zero-order valence-electron chi connectivity index (χ0n) is 14.9. The van der Waals surface area contributed by atoms with Crippen molar-refractivity contribution in [3.63, 3.8) is 0 Å². The molecule has 0 saturated carbocycles. The number of rotatable bonds is 5. The number of hydrogen-bond donors (Lipinski definition) is 0. The first-order chi connectivity index (χ1) is 13.5. The highest BCUT2D eigenvalue weighted by molar-refractivity contribution is 9.10. The smallest absolute Gasteiger partial charge is 0.348 e. The molecule has 7 heteroatoms. The van der Waals surface area contributed by atoms with Gasteiger partial charge in [-0.05, 0) is 31.2 Å². The van der Waals surface area contributed by atoms with Crippen molar-refractivity contribution in [3.8, 4) is 5.69 Å². The van der Waals surface area contributed by atoms with Crippen molar-refractivity contribution in [2.45, 2.75) is 6.92 Å². The molecule has 0 radical (unpaired) electrons. The molecule has 28 heavy (non-hydrogen) atoms. The van der Waals surface area contributed by atoms with E-state index < -0.39 is 5.97 Å². The van der Waals surface area contributed by atoms with Crippen LogP contribution in [0.2, 0.25) is 0 Å². The largest absolute Gasteiger partial charge is 0.453 e. The number of aromatic nitrogens is 2. The summed E-state index contributed by atoms with van der Waals surface area (Å²) in [5.74, 6) is -0.769. The second-order valence-corrected chi connectivity index (χ2v) is 8.03. The first-order valence-corrected chi connectivity index (χ1v) is 10.1. The summed E-state index contributed by atoms with van der Waals surface area (Å²) in [6.45, 7) is 1.60. The van der Waals surface area contributed by atoms with Crippen LogP contribution in [0.5, 0.6) is 0 Å². The standard InChI is InChI=1S/C21H15BrN2O3S/c1-13-16-11-19(28-20(16)24(23-13)14-7-3-2-4-8-14)21(26)27-12-18(25)15-9-5-6-10-17(15)22/h2-11H,12H2,1H3. The number of ketones is 1. The van der Waals surface area contributed by atoms with Gasteiger partial charge in [-0.1, -0.05) is 52.3 Å². The number of nitrogens with zero attached hydrogens (tertiary/aromatic N) is 2. The first kappa shape index (κ1) is 18.6. The summed E-state index contributed by atoms with van der Waals surface area (Å²) < 4.78 is 7.75. The Morgan fingerprint density at radius 2 is 1.82 bits per heavy atom. The lowest BCUT2D eigenvalue weighted by Gasteiger charge is -2.05. The molecule has 0 aliphatic carbocycles. The maximum atomic E-state index is 12.5. The molecule has 5 nitrogen and oxygen atoms in total. The minimum absolute atomic E-state index is 0.256. The molecule has 0 saturated heterocycles. The van der Waals surface area contributed by atoms with Gasteiger partial charge in [0.2, 0.25) is 5.78 Å². The van der Waals surface area contributed by atoms with Crippen LogP contribution in [0.3, 0.4) is 0 Å². The molecule has 4 aromatic rings. The fraction of sp³-hybridized carbons (Fsp3) is 0.0952. The number of esters is 1. The van der Waals surface area contributed by atoms with E-state index >= 15 is 0 Å².